The number of imidazole rings is 1. The number of thiophene rings is 1. The molecule has 0 aliphatic heterocycles. The fourth-order valence-corrected chi connectivity index (χ4v) is 4.61. The Morgan fingerprint density at radius 1 is 1.28 bits per heavy atom. The van der Waals surface area contributed by atoms with Crippen molar-refractivity contribution >= 4 is 40.3 Å². The second-order valence-corrected chi connectivity index (χ2v) is 8.15. The molecule has 29 heavy (non-hydrogen) atoms. The van der Waals surface area contributed by atoms with E-state index in [4.69, 9.17) is 27.8 Å². The van der Waals surface area contributed by atoms with Crippen LogP contribution in [0.15, 0.2) is 54.7 Å². The SMILES string of the molecule is CC(Oc1cc(-c2cnc3cccc(N)n23)sc1CC(N)=O)c1ccccc1Cl. The van der Waals surface area contributed by atoms with Gasteiger partial charge >= 0.3 is 0 Å². The van der Waals surface area contributed by atoms with Gasteiger partial charge in [-0.05, 0) is 25.1 Å². The summed E-state index contributed by atoms with van der Waals surface area (Å²) in [6, 6.07) is 15.0. The van der Waals surface area contributed by atoms with Gasteiger partial charge in [-0.1, -0.05) is 35.9 Å². The normalized spacial score (nSPS) is 12.2. The van der Waals surface area contributed by atoms with Gasteiger partial charge in [-0.25, -0.2) is 4.98 Å². The van der Waals surface area contributed by atoms with Gasteiger partial charge in [0, 0.05) is 16.7 Å². The van der Waals surface area contributed by atoms with Gasteiger partial charge in [0.05, 0.1) is 28.1 Å². The van der Waals surface area contributed by atoms with E-state index in [1.165, 1.54) is 11.3 Å². The van der Waals surface area contributed by atoms with E-state index in [0.29, 0.717) is 16.6 Å². The van der Waals surface area contributed by atoms with Crippen LogP contribution in [0.4, 0.5) is 5.82 Å². The van der Waals surface area contributed by atoms with Crippen LogP contribution in [-0.2, 0) is 11.2 Å². The van der Waals surface area contributed by atoms with Gasteiger partial charge < -0.3 is 16.2 Å². The van der Waals surface area contributed by atoms with Crippen molar-refractivity contribution in [3.63, 3.8) is 0 Å². The fraction of sp³-hybridized carbons (Fsp3) is 0.143. The van der Waals surface area contributed by atoms with Crippen LogP contribution in [-0.4, -0.2) is 15.3 Å². The molecule has 0 aliphatic carbocycles. The minimum Gasteiger partial charge on any atom is -0.485 e. The number of nitrogens with two attached hydrogens (primary N) is 2. The summed E-state index contributed by atoms with van der Waals surface area (Å²) in [5, 5.41) is 0.626. The molecule has 0 bridgehead atoms. The van der Waals surface area contributed by atoms with Crippen LogP contribution in [0.25, 0.3) is 16.2 Å². The molecular formula is C21H19ClN4O2S. The molecule has 0 radical (unpaired) electrons. The van der Waals surface area contributed by atoms with Gasteiger partial charge in [0.25, 0.3) is 0 Å². The highest BCUT2D eigenvalue weighted by Gasteiger charge is 2.20. The third-order valence-electron chi connectivity index (χ3n) is 4.56. The molecule has 1 amide bonds. The first-order valence-corrected chi connectivity index (χ1v) is 10.2. The van der Waals surface area contributed by atoms with Crippen LogP contribution >= 0.6 is 22.9 Å². The number of hydrogen-bond donors (Lipinski definition) is 2. The average Bonchev–Trinajstić information content (AvgIpc) is 3.27. The Morgan fingerprint density at radius 3 is 2.83 bits per heavy atom. The molecule has 0 saturated carbocycles. The maximum atomic E-state index is 11.6. The predicted molar refractivity (Wildman–Crippen MR) is 116 cm³/mol. The zero-order valence-electron chi connectivity index (χ0n) is 15.6. The summed E-state index contributed by atoms with van der Waals surface area (Å²) in [5.74, 6) is 0.749. The average molecular weight is 427 g/mol. The maximum Gasteiger partial charge on any atom is 0.222 e. The topological polar surface area (TPSA) is 95.6 Å². The van der Waals surface area contributed by atoms with Gasteiger partial charge in [0.15, 0.2) is 0 Å². The van der Waals surface area contributed by atoms with E-state index in [1.807, 2.05) is 59.9 Å². The van der Waals surface area contributed by atoms with Gasteiger partial charge in [0.2, 0.25) is 5.91 Å². The number of pyridine rings is 1. The van der Waals surface area contributed by atoms with Gasteiger partial charge in [-0.3, -0.25) is 9.20 Å². The quantitative estimate of drug-likeness (QED) is 0.475. The molecule has 1 atom stereocenters. The Morgan fingerprint density at radius 2 is 2.07 bits per heavy atom. The molecule has 0 spiro atoms. The number of nitrogens with zero attached hydrogens (tertiary/aromatic N) is 2. The summed E-state index contributed by atoms with van der Waals surface area (Å²) in [4.78, 5) is 17.7. The van der Waals surface area contributed by atoms with Crippen molar-refractivity contribution in [2.24, 2.45) is 5.73 Å². The van der Waals surface area contributed by atoms with Crippen LogP contribution in [0.2, 0.25) is 5.02 Å². The summed E-state index contributed by atoms with van der Waals surface area (Å²) in [6.07, 6.45) is 1.54. The molecule has 1 unspecified atom stereocenters. The fourth-order valence-electron chi connectivity index (χ4n) is 3.21. The predicted octanol–water partition coefficient (Wildman–Crippen LogP) is 4.47. The number of nitrogen functional groups attached to an aromatic ring is 1. The Balaban J connectivity index is 1.75. The molecule has 148 valence electrons. The zero-order chi connectivity index (χ0) is 20.5. The van der Waals surface area contributed by atoms with Crippen LogP contribution < -0.4 is 16.2 Å². The Kier molecular flexibility index (Phi) is 5.17. The molecule has 4 aromatic rings. The molecule has 0 saturated heterocycles. The lowest BCUT2D eigenvalue weighted by molar-refractivity contribution is -0.117. The highest BCUT2D eigenvalue weighted by molar-refractivity contribution is 7.15. The first-order chi connectivity index (χ1) is 13.9. The Bertz CT molecular complexity index is 1200. The molecular weight excluding hydrogens is 408 g/mol. The van der Waals surface area contributed by atoms with E-state index in [1.54, 1.807) is 6.20 Å². The second-order valence-electron chi connectivity index (χ2n) is 6.61. The number of primary amides is 1. The molecule has 8 heteroatoms. The number of carbonyl (C=O) groups is 1. The number of fused-ring (bicyclic) bond motifs is 1. The van der Waals surface area contributed by atoms with Crippen LogP contribution in [0.1, 0.15) is 23.5 Å². The Labute approximate surface area is 176 Å². The molecule has 3 aromatic heterocycles. The van der Waals surface area contributed by atoms with Crippen LogP contribution in [0.5, 0.6) is 5.75 Å². The highest BCUT2D eigenvalue weighted by Crippen LogP contribution is 2.39. The molecule has 0 aliphatic rings. The monoisotopic (exact) mass is 426 g/mol. The van der Waals surface area contributed by atoms with Crippen molar-refractivity contribution in [3.05, 3.63) is 70.2 Å². The minimum absolute atomic E-state index is 0.0848. The number of halogens is 1. The van der Waals surface area contributed by atoms with E-state index in [9.17, 15) is 4.79 Å². The maximum absolute atomic E-state index is 11.6. The number of amides is 1. The summed E-state index contributed by atoms with van der Waals surface area (Å²) >= 11 is 7.74. The minimum atomic E-state index is -0.425. The van der Waals surface area contributed by atoms with E-state index >= 15 is 0 Å². The third kappa shape index (κ3) is 3.79. The lowest BCUT2D eigenvalue weighted by atomic mass is 10.1. The summed E-state index contributed by atoms with van der Waals surface area (Å²) in [6.45, 7) is 1.92. The van der Waals surface area contributed by atoms with Gasteiger partial charge in [0.1, 0.15) is 23.3 Å². The summed E-state index contributed by atoms with van der Waals surface area (Å²) in [7, 11) is 0. The lowest BCUT2D eigenvalue weighted by Gasteiger charge is -2.16. The van der Waals surface area contributed by atoms with Crippen LogP contribution in [0.3, 0.4) is 0 Å². The number of benzene rings is 1. The number of rotatable bonds is 6. The van der Waals surface area contributed by atoms with Crippen molar-refractivity contribution in [2.45, 2.75) is 19.4 Å². The summed E-state index contributed by atoms with van der Waals surface area (Å²) in [5.41, 5.74) is 14.0. The van der Waals surface area contributed by atoms with E-state index in [0.717, 1.165) is 26.7 Å². The van der Waals surface area contributed by atoms with Crippen molar-refractivity contribution in [1.29, 1.82) is 0 Å². The van der Waals surface area contributed by atoms with E-state index in [2.05, 4.69) is 4.98 Å². The van der Waals surface area contributed by atoms with Crippen LogP contribution in [0, 0.1) is 0 Å². The van der Waals surface area contributed by atoms with E-state index in [-0.39, 0.29) is 12.5 Å². The number of ether oxygens (including phenoxy) is 1. The summed E-state index contributed by atoms with van der Waals surface area (Å²) < 4.78 is 8.05. The smallest absolute Gasteiger partial charge is 0.222 e. The van der Waals surface area contributed by atoms with Crippen molar-refractivity contribution < 1.29 is 9.53 Å². The first kappa shape index (κ1) is 19.3. The zero-order valence-corrected chi connectivity index (χ0v) is 17.2. The van der Waals surface area contributed by atoms with Crippen molar-refractivity contribution in [2.75, 3.05) is 5.73 Å². The second kappa shape index (κ2) is 7.77. The largest absolute Gasteiger partial charge is 0.485 e. The molecule has 0 fully saturated rings. The number of carbonyl (C=O) groups excluding carboxylic acids is 1. The first-order valence-electron chi connectivity index (χ1n) is 8.98. The number of aromatic nitrogens is 2. The highest BCUT2D eigenvalue weighted by atomic mass is 35.5. The lowest BCUT2D eigenvalue weighted by Crippen LogP contribution is -2.13. The molecule has 3 heterocycles. The Hall–Kier alpha value is -3.03. The van der Waals surface area contributed by atoms with Crippen molar-refractivity contribution in [1.82, 2.24) is 9.38 Å². The standard InChI is InChI=1S/C21H19ClN4O2S/c1-12(13-5-2-3-6-14(13)22)28-16-9-17(29-18(16)10-20(24)27)15-11-25-21-8-4-7-19(23)26(15)21/h2-9,11-12H,10,23H2,1H3,(H2,24,27). The number of anilines is 1. The molecule has 4 rings (SSSR count). The molecule has 6 nitrogen and oxygen atoms in total. The van der Waals surface area contributed by atoms with Gasteiger partial charge in [-0.15, -0.1) is 11.3 Å². The van der Waals surface area contributed by atoms with Crippen molar-refractivity contribution in [3.8, 4) is 16.3 Å². The van der Waals surface area contributed by atoms with Gasteiger partial charge in [-0.2, -0.15) is 0 Å². The third-order valence-corrected chi connectivity index (χ3v) is 6.05. The van der Waals surface area contributed by atoms with E-state index < -0.39 is 5.91 Å². The number of hydrogen-bond acceptors (Lipinski definition) is 5. The molecule has 4 N–H and O–H groups in total. The molecule has 1 aromatic carbocycles.